The number of likely N-dealkylation sites (tertiary alicyclic amines) is 1. The molecule has 0 aliphatic carbocycles. The van der Waals surface area contributed by atoms with Crippen molar-refractivity contribution >= 4 is 23.4 Å². The highest BCUT2D eigenvalue weighted by Crippen LogP contribution is 2.30. The largest absolute Gasteiger partial charge is 0.497 e. The summed E-state index contributed by atoms with van der Waals surface area (Å²) in [4.78, 5) is 28.9. The summed E-state index contributed by atoms with van der Waals surface area (Å²) in [5.41, 5.74) is 4.94. The molecule has 3 amide bonds. The number of carbonyl (C=O) groups excluding carboxylic acids is 2. The number of carbonyl (C=O) groups is 2. The average molecular weight is 610 g/mol. The van der Waals surface area contributed by atoms with Gasteiger partial charge >= 0.3 is 6.03 Å². The van der Waals surface area contributed by atoms with Crippen LogP contribution < -0.4 is 20.1 Å². The van der Waals surface area contributed by atoms with Gasteiger partial charge in [0, 0.05) is 35.8 Å². The van der Waals surface area contributed by atoms with Crippen molar-refractivity contribution in [2.24, 2.45) is 0 Å². The normalized spacial score (nSPS) is 15.0. The van der Waals surface area contributed by atoms with Gasteiger partial charge in [0.1, 0.15) is 17.3 Å². The number of hydrogen-bond acceptors (Lipinski definition) is 5. The molecule has 1 fully saturated rings. The molecule has 1 atom stereocenters. The Morgan fingerprint density at radius 2 is 1.71 bits per heavy atom. The lowest BCUT2D eigenvalue weighted by atomic mass is 9.92. The lowest BCUT2D eigenvalue weighted by molar-refractivity contribution is 0.0610. The van der Waals surface area contributed by atoms with Crippen molar-refractivity contribution in [2.45, 2.75) is 64.8 Å². The number of nitrogens with zero attached hydrogens (tertiary/aromatic N) is 3. The van der Waals surface area contributed by atoms with Crippen LogP contribution >= 0.6 is 0 Å². The molecule has 1 aliphatic heterocycles. The van der Waals surface area contributed by atoms with Gasteiger partial charge in [-0.3, -0.25) is 10.1 Å². The maximum absolute atomic E-state index is 13.7. The van der Waals surface area contributed by atoms with Crippen molar-refractivity contribution < 1.29 is 19.1 Å². The zero-order valence-electron chi connectivity index (χ0n) is 27.0. The standard InChI is InChI=1S/C36H43N5O4/c1-24-13-15-27(16-14-24)41-33(23-32(39-41)36(2,3)4)38-35(43)37-26-11-9-10-25(20-26)21-28-12-7-8-19-40(28)34(42)30-18-17-29(44-5)22-31(30)45-6/h9-11,13-18,20,22-23,28H,7-8,12,19,21H2,1-6H3,(H2,37,38,43). The molecule has 0 spiro atoms. The van der Waals surface area contributed by atoms with E-state index in [9.17, 15) is 9.59 Å². The van der Waals surface area contributed by atoms with E-state index < -0.39 is 0 Å². The van der Waals surface area contributed by atoms with Crippen molar-refractivity contribution in [1.29, 1.82) is 0 Å². The molecule has 1 saturated heterocycles. The molecule has 236 valence electrons. The van der Waals surface area contributed by atoms with Gasteiger partial charge in [-0.2, -0.15) is 5.10 Å². The number of aryl methyl sites for hydroxylation is 1. The molecule has 1 unspecified atom stereocenters. The monoisotopic (exact) mass is 609 g/mol. The molecule has 1 aliphatic rings. The molecule has 9 nitrogen and oxygen atoms in total. The molecule has 1 aromatic heterocycles. The number of ether oxygens (including phenoxy) is 2. The Morgan fingerprint density at radius 1 is 0.933 bits per heavy atom. The molecule has 2 heterocycles. The molecule has 0 bridgehead atoms. The predicted octanol–water partition coefficient (Wildman–Crippen LogP) is 7.38. The Hall–Kier alpha value is -4.79. The maximum Gasteiger partial charge on any atom is 0.324 e. The molecule has 4 aromatic rings. The van der Waals surface area contributed by atoms with Crippen LogP contribution in [0.1, 0.15) is 67.2 Å². The second-order valence-corrected chi connectivity index (χ2v) is 12.6. The Kier molecular flexibility index (Phi) is 9.46. The quantitative estimate of drug-likeness (QED) is 0.217. The van der Waals surface area contributed by atoms with E-state index in [1.807, 2.05) is 66.4 Å². The summed E-state index contributed by atoms with van der Waals surface area (Å²) < 4.78 is 12.6. The summed E-state index contributed by atoms with van der Waals surface area (Å²) in [6, 6.07) is 22.7. The summed E-state index contributed by atoms with van der Waals surface area (Å²) in [5.74, 6) is 1.68. The van der Waals surface area contributed by atoms with Crippen molar-refractivity contribution in [1.82, 2.24) is 14.7 Å². The molecule has 45 heavy (non-hydrogen) atoms. The van der Waals surface area contributed by atoms with Crippen molar-refractivity contribution in [3.8, 4) is 17.2 Å². The lowest BCUT2D eigenvalue weighted by Gasteiger charge is -2.36. The molecular formula is C36H43N5O4. The molecule has 0 saturated carbocycles. The fraction of sp³-hybridized carbons (Fsp3) is 0.361. The van der Waals surface area contributed by atoms with Crippen LogP contribution in [0.3, 0.4) is 0 Å². The molecule has 0 radical (unpaired) electrons. The molecule has 5 rings (SSSR count). The molecule has 9 heteroatoms. The zero-order chi connectivity index (χ0) is 32.1. The molecule has 2 N–H and O–H groups in total. The van der Waals surface area contributed by atoms with Crippen LogP contribution in [-0.4, -0.2) is 53.4 Å². The summed E-state index contributed by atoms with van der Waals surface area (Å²) >= 11 is 0. The lowest BCUT2D eigenvalue weighted by Crippen LogP contribution is -2.45. The number of anilines is 2. The summed E-state index contributed by atoms with van der Waals surface area (Å²) in [6.07, 6.45) is 3.59. The summed E-state index contributed by atoms with van der Waals surface area (Å²) in [6.45, 7) is 9.01. The predicted molar refractivity (Wildman–Crippen MR) is 178 cm³/mol. The summed E-state index contributed by atoms with van der Waals surface area (Å²) in [7, 11) is 3.15. The van der Waals surface area contributed by atoms with E-state index in [1.54, 1.807) is 37.1 Å². The minimum absolute atomic E-state index is 0.0295. The van der Waals surface area contributed by atoms with Crippen LogP contribution in [0.25, 0.3) is 5.69 Å². The number of aromatic nitrogens is 2. The first kappa shape index (κ1) is 31.6. The Labute approximate surface area is 265 Å². The SMILES string of the molecule is COc1ccc(C(=O)N2CCCCC2Cc2cccc(NC(=O)Nc3cc(C(C)(C)C)nn3-c3ccc(C)cc3)c2)c(OC)c1. The Balaban J connectivity index is 1.30. The van der Waals surface area contributed by atoms with Crippen LogP contribution in [0.15, 0.2) is 72.8 Å². The molecular weight excluding hydrogens is 566 g/mol. The second-order valence-electron chi connectivity index (χ2n) is 12.6. The van der Waals surface area contributed by atoms with E-state index >= 15 is 0 Å². The number of rotatable bonds is 8. The average Bonchev–Trinajstić information content (AvgIpc) is 3.45. The smallest absolute Gasteiger partial charge is 0.324 e. The number of nitrogens with one attached hydrogen (secondary N) is 2. The number of amides is 3. The van der Waals surface area contributed by atoms with Crippen LogP contribution in [0, 0.1) is 6.92 Å². The first-order valence-electron chi connectivity index (χ1n) is 15.4. The highest BCUT2D eigenvalue weighted by molar-refractivity contribution is 5.99. The van der Waals surface area contributed by atoms with Gasteiger partial charge in [0.25, 0.3) is 5.91 Å². The topological polar surface area (TPSA) is 97.7 Å². The van der Waals surface area contributed by atoms with Crippen molar-refractivity contribution in [2.75, 3.05) is 31.4 Å². The number of benzene rings is 3. The number of piperidine rings is 1. The van der Waals surface area contributed by atoms with Crippen molar-refractivity contribution in [3.63, 3.8) is 0 Å². The highest BCUT2D eigenvalue weighted by atomic mass is 16.5. The first-order chi connectivity index (χ1) is 21.5. The number of hydrogen-bond donors (Lipinski definition) is 2. The third-order valence-corrected chi connectivity index (χ3v) is 8.18. The van der Waals surface area contributed by atoms with E-state index in [0.29, 0.717) is 41.5 Å². The second kappa shape index (κ2) is 13.5. The van der Waals surface area contributed by atoms with E-state index in [1.165, 1.54) is 0 Å². The van der Waals surface area contributed by atoms with E-state index in [4.69, 9.17) is 14.6 Å². The van der Waals surface area contributed by atoms with Gasteiger partial charge in [0.2, 0.25) is 0 Å². The van der Waals surface area contributed by atoms with Crippen molar-refractivity contribution in [3.05, 3.63) is 95.2 Å². The van der Waals surface area contributed by atoms with Gasteiger partial charge < -0.3 is 19.7 Å². The third-order valence-electron chi connectivity index (χ3n) is 8.18. The van der Waals surface area contributed by atoms with Crippen LogP contribution in [0.4, 0.5) is 16.3 Å². The van der Waals surface area contributed by atoms with Gasteiger partial charge in [-0.15, -0.1) is 0 Å². The van der Waals surface area contributed by atoms with Gasteiger partial charge in [-0.05, 0) is 74.6 Å². The fourth-order valence-electron chi connectivity index (χ4n) is 5.66. The Morgan fingerprint density at radius 3 is 2.42 bits per heavy atom. The van der Waals surface area contributed by atoms with E-state index in [0.717, 1.165) is 41.8 Å². The van der Waals surface area contributed by atoms with E-state index in [-0.39, 0.29) is 23.4 Å². The van der Waals surface area contributed by atoms with Crippen LogP contribution in [0.5, 0.6) is 11.5 Å². The Bertz CT molecular complexity index is 1650. The molecule has 3 aromatic carbocycles. The zero-order valence-corrected chi connectivity index (χ0v) is 27.0. The first-order valence-corrected chi connectivity index (χ1v) is 15.4. The van der Waals surface area contributed by atoms with Gasteiger partial charge in [0.05, 0.1) is 31.2 Å². The fourth-order valence-corrected chi connectivity index (χ4v) is 5.66. The summed E-state index contributed by atoms with van der Waals surface area (Å²) in [5, 5.41) is 10.8. The van der Waals surface area contributed by atoms with Gasteiger partial charge in [-0.1, -0.05) is 50.6 Å². The maximum atomic E-state index is 13.7. The highest BCUT2D eigenvalue weighted by Gasteiger charge is 2.29. The van der Waals surface area contributed by atoms with Crippen LogP contribution in [0.2, 0.25) is 0 Å². The number of methoxy groups -OCH3 is 2. The van der Waals surface area contributed by atoms with Gasteiger partial charge in [-0.25, -0.2) is 9.48 Å². The van der Waals surface area contributed by atoms with E-state index in [2.05, 4.69) is 31.4 Å². The minimum Gasteiger partial charge on any atom is -0.497 e. The third kappa shape index (κ3) is 7.48. The minimum atomic E-state index is -0.359. The van der Waals surface area contributed by atoms with Gasteiger partial charge in [0.15, 0.2) is 0 Å². The van der Waals surface area contributed by atoms with Crippen LogP contribution in [-0.2, 0) is 11.8 Å². The number of urea groups is 1.